The summed E-state index contributed by atoms with van der Waals surface area (Å²) in [5.74, 6) is 0. The summed E-state index contributed by atoms with van der Waals surface area (Å²) in [6, 6.07) is 11.4. The molecule has 19 heavy (non-hydrogen) atoms. The number of benzene rings is 2. The fraction of sp³-hybridized carbons (Fsp3) is 0.263. The van der Waals surface area contributed by atoms with Crippen LogP contribution in [-0.4, -0.2) is 0 Å². The smallest absolute Gasteiger partial charge is 0.00517 e. The summed E-state index contributed by atoms with van der Waals surface area (Å²) < 4.78 is 0. The van der Waals surface area contributed by atoms with Gasteiger partial charge in [0.2, 0.25) is 0 Å². The van der Waals surface area contributed by atoms with Gasteiger partial charge in [0.05, 0.1) is 0 Å². The van der Waals surface area contributed by atoms with Crippen LogP contribution in [0.1, 0.15) is 44.4 Å². The Kier molecular flexibility index (Phi) is 2.82. The Balaban J connectivity index is 2.22. The molecule has 0 unspecified atom stereocenters. The monoisotopic (exact) mass is 248 g/mol. The summed E-state index contributed by atoms with van der Waals surface area (Å²) in [6.07, 6.45) is 3.28. The SMILES string of the molecule is CC=C(C)c1ccc2c3c(ccc2c1)C(C)=C(C)C3. The molecule has 0 spiro atoms. The lowest BCUT2D eigenvalue weighted by molar-refractivity contribution is 1.21. The largest absolute Gasteiger partial charge is 0.0841 e. The Labute approximate surface area is 115 Å². The Hall–Kier alpha value is -1.82. The standard InChI is InChI=1S/C19H20/c1-5-12(2)15-6-9-18-16(11-15)7-8-17-14(4)13(3)10-19(17)18/h5-9,11H,10H2,1-4H3. The highest BCUT2D eigenvalue weighted by molar-refractivity contribution is 5.94. The van der Waals surface area contributed by atoms with Crippen molar-refractivity contribution in [3.63, 3.8) is 0 Å². The first-order valence-electron chi connectivity index (χ1n) is 6.97. The zero-order chi connectivity index (χ0) is 13.6. The predicted molar refractivity (Wildman–Crippen MR) is 85.2 cm³/mol. The normalized spacial score (nSPS) is 15.3. The van der Waals surface area contributed by atoms with E-state index in [1.54, 1.807) is 0 Å². The fourth-order valence-electron chi connectivity index (χ4n) is 2.98. The molecule has 1 aliphatic carbocycles. The Morgan fingerprint density at radius 3 is 2.63 bits per heavy atom. The highest BCUT2D eigenvalue weighted by Gasteiger charge is 2.17. The van der Waals surface area contributed by atoms with Crippen molar-refractivity contribution in [1.82, 2.24) is 0 Å². The number of rotatable bonds is 1. The first-order valence-corrected chi connectivity index (χ1v) is 6.97. The van der Waals surface area contributed by atoms with Crippen LogP contribution < -0.4 is 0 Å². The van der Waals surface area contributed by atoms with E-state index in [4.69, 9.17) is 0 Å². The van der Waals surface area contributed by atoms with Crippen LogP contribution in [0.5, 0.6) is 0 Å². The van der Waals surface area contributed by atoms with Gasteiger partial charge in [-0.2, -0.15) is 0 Å². The van der Waals surface area contributed by atoms with E-state index in [9.17, 15) is 0 Å². The summed E-state index contributed by atoms with van der Waals surface area (Å²) in [5, 5.41) is 2.78. The summed E-state index contributed by atoms with van der Waals surface area (Å²) in [6.45, 7) is 8.76. The molecule has 96 valence electrons. The second-order valence-electron chi connectivity index (χ2n) is 5.58. The number of allylic oxidation sites excluding steroid dienone is 4. The van der Waals surface area contributed by atoms with Crippen molar-refractivity contribution in [2.75, 3.05) is 0 Å². The maximum absolute atomic E-state index is 2.31. The minimum Gasteiger partial charge on any atom is -0.0841 e. The van der Waals surface area contributed by atoms with Crippen molar-refractivity contribution in [2.24, 2.45) is 0 Å². The zero-order valence-electron chi connectivity index (χ0n) is 12.2. The second-order valence-corrected chi connectivity index (χ2v) is 5.58. The highest BCUT2D eigenvalue weighted by atomic mass is 14.2. The average molecular weight is 248 g/mol. The number of fused-ring (bicyclic) bond motifs is 3. The first-order chi connectivity index (χ1) is 9.11. The van der Waals surface area contributed by atoms with E-state index in [-0.39, 0.29) is 0 Å². The molecular formula is C19H20. The first kappa shape index (κ1) is 12.2. The molecule has 0 saturated carbocycles. The third-order valence-electron chi connectivity index (χ3n) is 4.51. The van der Waals surface area contributed by atoms with E-state index in [1.165, 1.54) is 44.2 Å². The third-order valence-corrected chi connectivity index (χ3v) is 4.51. The van der Waals surface area contributed by atoms with Gasteiger partial charge in [0.25, 0.3) is 0 Å². The van der Waals surface area contributed by atoms with Gasteiger partial charge in [-0.25, -0.2) is 0 Å². The van der Waals surface area contributed by atoms with Crippen molar-refractivity contribution < 1.29 is 0 Å². The Morgan fingerprint density at radius 2 is 1.89 bits per heavy atom. The summed E-state index contributed by atoms with van der Waals surface area (Å²) >= 11 is 0. The van der Waals surface area contributed by atoms with E-state index in [0.717, 1.165) is 6.42 Å². The molecule has 0 aromatic heterocycles. The van der Waals surface area contributed by atoms with E-state index >= 15 is 0 Å². The quantitative estimate of drug-likeness (QED) is 0.615. The lowest BCUT2D eigenvalue weighted by Crippen LogP contribution is -1.88. The molecule has 0 aliphatic heterocycles. The third kappa shape index (κ3) is 1.83. The van der Waals surface area contributed by atoms with Crippen molar-refractivity contribution in [1.29, 1.82) is 0 Å². The summed E-state index contributed by atoms with van der Waals surface area (Å²) in [4.78, 5) is 0. The average Bonchev–Trinajstić information content (AvgIpc) is 2.73. The van der Waals surface area contributed by atoms with Crippen LogP contribution in [0.15, 0.2) is 42.0 Å². The molecule has 0 bridgehead atoms. The van der Waals surface area contributed by atoms with Crippen molar-refractivity contribution in [2.45, 2.75) is 34.1 Å². The van der Waals surface area contributed by atoms with Crippen molar-refractivity contribution in [3.8, 4) is 0 Å². The number of hydrogen-bond donors (Lipinski definition) is 0. The molecule has 0 heterocycles. The van der Waals surface area contributed by atoms with Crippen molar-refractivity contribution >= 4 is 21.9 Å². The molecule has 0 radical (unpaired) electrons. The van der Waals surface area contributed by atoms with Crippen LogP contribution in [0, 0.1) is 0 Å². The molecule has 2 aromatic carbocycles. The molecule has 0 saturated heterocycles. The van der Waals surface area contributed by atoms with Crippen LogP contribution >= 0.6 is 0 Å². The minimum absolute atomic E-state index is 1.11. The van der Waals surface area contributed by atoms with Gasteiger partial charge in [-0.05, 0) is 78.8 Å². The Morgan fingerprint density at radius 1 is 1.11 bits per heavy atom. The minimum atomic E-state index is 1.11. The molecule has 0 heteroatoms. The summed E-state index contributed by atoms with van der Waals surface area (Å²) in [7, 11) is 0. The number of hydrogen-bond acceptors (Lipinski definition) is 0. The molecular weight excluding hydrogens is 228 g/mol. The lowest BCUT2D eigenvalue weighted by atomic mass is 9.95. The van der Waals surface area contributed by atoms with Crippen LogP contribution in [0.25, 0.3) is 21.9 Å². The van der Waals surface area contributed by atoms with E-state index in [0.29, 0.717) is 0 Å². The predicted octanol–water partition coefficient (Wildman–Crippen LogP) is 5.61. The van der Waals surface area contributed by atoms with E-state index in [1.807, 2.05) is 0 Å². The van der Waals surface area contributed by atoms with E-state index in [2.05, 4.69) is 64.1 Å². The van der Waals surface area contributed by atoms with Crippen molar-refractivity contribution in [3.05, 3.63) is 58.7 Å². The Bertz CT molecular complexity index is 727. The maximum Gasteiger partial charge on any atom is -0.00517 e. The second kappa shape index (κ2) is 4.38. The molecule has 0 amide bonds. The topological polar surface area (TPSA) is 0 Å². The van der Waals surface area contributed by atoms with Gasteiger partial charge < -0.3 is 0 Å². The highest BCUT2D eigenvalue weighted by Crippen LogP contribution is 2.37. The van der Waals surface area contributed by atoms with Crippen LogP contribution in [0.2, 0.25) is 0 Å². The molecule has 2 aromatic rings. The van der Waals surface area contributed by atoms with Gasteiger partial charge in [0, 0.05) is 0 Å². The molecule has 0 nitrogen and oxygen atoms in total. The van der Waals surface area contributed by atoms with Crippen LogP contribution in [0.3, 0.4) is 0 Å². The molecule has 0 fully saturated rings. The fourth-order valence-corrected chi connectivity index (χ4v) is 2.98. The zero-order valence-corrected chi connectivity index (χ0v) is 12.2. The van der Waals surface area contributed by atoms with Gasteiger partial charge in [0.1, 0.15) is 0 Å². The van der Waals surface area contributed by atoms with Gasteiger partial charge in [-0.3, -0.25) is 0 Å². The van der Waals surface area contributed by atoms with Crippen LogP contribution in [0.4, 0.5) is 0 Å². The molecule has 0 N–H and O–H groups in total. The van der Waals surface area contributed by atoms with Gasteiger partial charge in [-0.1, -0.05) is 35.9 Å². The lowest BCUT2D eigenvalue weighted by Gasteiger charge is -2.09. The molecule has 1 aliphatic rings. The van der Waals surface area contributed by atoms with Crippen LogP contribution in [-0.2, 0) is 6.42 Å². The van der Waals surface area contributed by atoms with Gasteiger partial charge in [-0.15, -0.1) is 0 Å². The molecule has 3 rings (SSSR count). The van der Waals surface area contributed by atoms with Gasteiger partial charge >= 0.3 is 0 Å². The maximum atomic E-state index is 2.31. The van der Waals surface area contributed by atoms with E-state index < -0.39 is 0 Å². The van der Waals surface area contributed by atoms with Gasteiger partial charge in [0.15, 0.2) is 0 Å². The molecule has 0 atom stereocenters. The summed E-state index contributed by atoms with van der Waals surface area (Å²) in [5.41, 5.74) is 8.60.